The summed E-state index contributed by atoms with van der Waals surface area (Å²) in [5, 5.41) is 7.95. The molecule has 0 amide bonds. The first-order valence-electron chi connectivity index (χ1n) is 6.04. The van der Waals surface area contributed by atoms with Gasteiger partial charge in [-0.3, -0.25) is 0 Å². The fraction of sp³-hybridized carbons (Fsp3) is 0.692. The smallest absolute Gasteiger partial charge is 0.0107 e. The molecule has 1 heterocycles. The maximum atomic E-state index is 3.57. The number of nitrogens with zero attached hydrogens (tertiary/aromatic N) is 1. The average molecular weight is 240 g/mol. The molecule has 1 aromatic heterocycles. The highest BCUT2D eigenvalue weighted by atomic mass is 32.1. The molecular weight excluding hydrogens is 216 g/mol. The largest absolute Gasteiger partial charge is 0.313 e. The Labute approximate surface area is 104 Å². The Kier molecular flexibility index (Phi) is 6.03. The summed E-state index contributed by atoms with van der Waals surface area (Å²) in [6, 6.07) is 3.41. The van der Waals surface area contributed by atoms with Crippen molar-refractivity contribution in [3.63, 3.8) is 0 Å². The van der Waals surface area contributed by atoms with Crippen LogP contribution in [0.15, 0.2) is 16.8 Å². The molecule has 1 unspecified atom stereocenters. The Balaban J connectivity index is 2.13. The van der Waals surface area contributed by atoms with Crippen LogP contribution in [0.5, 0.6) is 0 Å². The molecule has 0 spiro atoms. The zero-order valence-electron chi connectivity index (χ0n) is 10.9. The van der Waals surface area contributed by atoms with Gasteiger partial charge in [-0.1, -0.05) is 0 Å². The van der Waals surface area contributed by atoms with Crippen LogP contribution in [-0.4, -0.2) is 37.1 Å². The minimum absolute atomic E-state index is 0.565. The van der Waals surface area contributed by atoms with Gasteiger partial charge in [0.2, 0.25) is 0 Å². The lowest BCUT2D eigenvalue weighted by atomic mass is 10.1. The molecule has 0 aliphatic rings. The predicted octanol–water partition coefficient (Wildman–Crippen LogP) is 2.61. The average Bonchev–Trinajstić information content (AvgIpc) is 2.70. The third-order valence-corrected chi connectivity index (χ3v) is 3.69. The van der Waals surface area contributed by atoms with Crippen LogP contribution < -0.4 is 5.32 Å². The molecule has 0 radical (unpaired) electrons. The Morgan fingerprint density at radius 3 is 2.69 bits per heavy atom. The first-order valence-corrected chi connectivity index (χ1v) is 6.98. The second-order valence-electron chi connectivity index (χ2n) is 4.77. The molecule has 92 valence electrons. The van der Waals surface area contributed by atoms with Gasteiger partial charge in [-0.2, -0.15) is 11.3 Å². The molecule has 0 fully saturated rings. The van der Waals surface area contributed by atoms with Crippen molar-refractivity contribution in [2.75, 3.05) is 20.1 Å². The molecule has 1 rings (SSSR count). The van der Waals surface area contributed by atoms with E-state index in [1.807, 2.05) is 0 Å². The molecular formula is C13H24N2S. The van der Waals surface area contributed by atoms with E-state index in [4.69, 9.17) is 0 Å². The van der Waals surface area contributed by atoms with E-state index in [0.29, 0.717) is 12.1 Å². The molecule has 1 atom stereocenters. The SMILES string of the molecule is CC(Cc1ccsc1)NCCN(C)C(C)C. The maximum Gasteiger partial charge on any atom is 0.0107 e. The van der Waals surface area contributed by atoms with Crippen molar-refractivity contribution in [1.82, 2.24) is 10.2 Å². The van der Waals surface area contributed by atoms with Crippen LogP contribution in [0, 0.1) is 0 Å². The number of nitrogens with one attached hydrogen (secondary N) is 1. The van der Waals surface area contributed by atoms with E-state index in [0.717, 1.165) is 19.5 Å². The summed E-state index contributed by atoms with van der Waals surface area (Å²) in [5.41, 5.74) is 1.45. The van der Waals surface area contributed by atoms with Crippen molar-refractivity contribution in [2.24, 2.45) is 0 Å². The van der Waals surface area contributed by atoms with Crippen LogP contribution in [-0.2, 0) is 6.42 Å². The molecule has 0 bridgehead atoms. The summed E-state index contributed by atoms with van der Waals surface area (Å²) < 4.78 is 0. The number of hydrogen-bond donors (Lipinski definition) is 1. The van der Waals surface area contributed by atoms with Crippen LogP contribution in [0.25, 0.3) is 0 Å². The van der Waals surface area contributed by atoms with E-state index >= 15 is 0 Å². The quantitative estimate of drug-likeness (QED) is 0.788. The van der Waals surface area contributed by atoms with Gasteiger partial charge >= 0.3 is 0 Å². The third kappa shape index (κ3) is 5.10. The predicted molar refractivity (Wildman–Crippen MR) is 73.3 cm³/mol. The zero-order chi connectivity index (χ0) is 12.0. The molecule has 2 nitrogen and oxygen atoms in total. The number of rotatable bonds is 7. The Hall–Kier alpha value is -0.380. The molecule has 16 heavy (non-hydrogen) atoms. The van der Waals surface area contributed by atoms with E-state index in [-0.39, 0.29) is 0 Å². The fourth-order valence-electron chi connectivity index (χ4n) is 1.58. The minimum atomic E-state index is 0.565. The van der Waals surface area contributed by atoms with Crippen LogP contribution in [0.1, 0.15) is 26.3 Å². The van der Waals surface area contributed by atoms with Gasteiger partial charge in [0, 0.05) is 25.2 Å². The van der Waals surface area contributed by atoms with Crippen molar-refractivity contribution in [3.05, 3.63) is 22.4 Å². The van der Waals surface area contributed by atoms with E-state index in [1.54, 1.807) is 11.3 Å². The maximum absolute atomic E-state index is 3.57. The summed E-state index contributed by atoms with van der Waals surface area (Å²) in [6.07, 6.45) is 1.13. The van der Waals surface area contributed by atoms with E-state index < -0.39 is 0 Å². The van der Waals surface area contributed by atoms with Gasteiger partial charge in [-0.25, -0.2) is 0 Å². The number of likely N-dealkylation sites (N-methyl/N-ethyl adjacent to an activating group) is 1. The molecule has 1 aromatic rings. The standard InChI is InChI=1S/C13H24N2S/c1-11(2)15(4)7-6-14-12(3)9-13-5-8-16-10-13/h5,8,10-12,14H,6-7,9H2,1-4H3. The second-order valence-corrected chi connectivity index (χ2v) is 5.55. The molecule has 1 N–H and O–H groups in total. The summed E-state index contributed by atoms with van der Waals surface area (Å²) in [4.78, 5) is 2.37. The molecule has 0 aliphatic carbocycles. The van der Waals surface area contributed by atoms with Crippen LogP contribution in [0.4, 0.5) is 0 Å². The topological polar surface area (TPSA) is 15.3 Å². The van der Waals surface area contributed by atoms with Crippen LogP contribution in [0.3, 0.4) is 0 Å². The molecule has 0 aliphatic heterocycles. The third-order valence-electron chi connectivity index (χ3n) is 2.96. The lowest BCUT2D eigenvalue weighted by Crippen LogP contribution is -2.37. The molecule has 0 saturated carbocycles. The lowest BCUT2D eigenvalue weighted by Gasteiger charge is -2.22. The Bertz CT molecular complexity index is 269. The van der Waals surface area contributed by atoms with E-state index in [9.17, 15) is 0 Å². The molecule has 3 heteroatoms. The van der Waals surface area contributed by atoms with Gasteiger partial charge in [0.15, 0.2) is 0 Å². The van der Waals surface area contributed by atoms with Crippen molar-refractivity contribution in [3.8, 4) is 0 Å². The van der Waals surface area contributed by atoms with Gasteiger partial charge < -0.3 is 10.2 Å². The van der Waals surface area contributed by atoms with Gasteiger partial charge in [-0.15, -0.1) is 0 Å². The van der Waals surface area contributed by atoms with Crippen molar-refractivity contribution >= 4 is 11.3 Å². The monoisotopic (exact) mass is 240 g/mol. The highest BCUT2D eigenvalue weighted by Gasteiger charge is 2.05. The van der Waals surface area contributed by atoms with Crippen molar-refractivity contribution < 1.29 is 0 Å². The Morgan fingerprint density at radius 2 is 2.12 bits per heavy atom. The first kappa shape index (κ1) is 13.7. The lowest BCUT2D eigenvalue weighted by molar-refractivity contribution is 0.269. The van der Waals surface area contributed by atoms with Gasteiger partial charge in [-0.05, 0) is 56.6 Å². The molecule has 0 saturated heterocycles. The highest BCUT2D eigenvalue weighted by Crippen LogP contribution is 2.08. The van der Waals surface area contributed by atoms with Crippen molar-refractivity contribution in [2.45, 2.75) is 39.3 Å². The molecule has 0 aromatic carbocycles. The van der Waals surface area contributed by atoms with E-state index in [1.165, 1.54) is 5.56 Å². The summed E-state index contributed by atoms with van der Waals surface area (Å²) >= 11 is 1.78. The first-order chi connectivity index (χ1) is 7.59. The summed E-state index contributed by atoms with van der Waals surface area (Å²) in [6.45, 7) is 8.91. The minimum Gasteiger partial charge on any atom is -0.313 e. The summed E-state index contributed by atoms with van der Waals surface area (Å²) in [7, 11) is 2.18. The van der Waals surface area contributed by atoms with Crippen LogP contribution in [0.2, 0.25) is 0 Å². The summed E-state index contributed by atoms with van der Waals surface area (Å²) in [5.74, 6) is 0. The highest BCUT2D eigenvalue weighted by molar-refractivity contribution is 7.07. The normalized spacial score (nSPS) is 13.6. The number of hydrogen-bond acceptors (Lipinski definition) is 3. The second kappa shape index (κ2) is 7.05. The zero-order valence-corrected chi connectivity index (χ0v) is 11.7. The van der Waals surface area contributed by atoms with Gasteiger partial charge in [0.1, 0.15) is 0 Å². The van der Waals surface area contributed by atoms with Gasteiger partial charge in [0.05, 0.1) is 0 Å². The number of thiophene rings is 1. The van der Waals surface area contributed by atoms with Crippen LogP contribution >= 0.6 is 11.3 Å². The van der Waals surface area contributed by atoms with Gasteiger partial charge in [0.25, 0.3) is 0 Å². The van der Waals surface area contributed by atoms with Crippen molar-refractivity contribution in [1.29, 1.82) is 0 Å². The fourth-order valence-corrected chi connectivity index (χ4v) is 2.26. The Morgan fingerprint density at radius 1 is 1.38 bits per heavy atom. The van der Waals surface area contributed by atoms with E-state index in [2.05, 4.69) is 54.9 Å².